The highest BCUT2D eigenvalue weighted by Crippen LogP contribution is 2.18. The molecule has 1 saturated heterocycles. The Morgan fingerprint density at radius 1 is 1.22 bits per heavy atom. The highest BCUT2D eigenvalue weighted by molar-refractivity contribution is 5.96. The lowest BCUT2D eigenvalue weighted by atomic mass is 10.0. The Labute approximate surface area is 109 Å². The van der Waals surface area contributed by atoms with E-state index in [2.05, 4.69) is 0 Å². The van der Waals surface area contributed by atoms with Gasteiger partial charge in [0.15, 0.2) is 0 Å². The first kappa shape index (κ1) is 13.1. The van der Waals surface area contributed by atoms with E-state index in [0.717, 1.165) is 16.7 Å². The Hall–Kier alpha value is -1.35. The number of carbonyl (C=O) groups is 1. The van der Waals surface area contributed by atoms with Gasteiger partial charge in [-0.3, -0.25) is 4.79 Å². The number of aryl methyl sites for hydroxylation is 1. The highest BCUT2D eigenvalue weighted by Gasteiger charge is 2.27. The second kappa shape index (κ2) is 5.11. The Balaban J connectivity index is 2.23. The van der Waals surface area contributed by atoms with Gasteiger partial charge in [-0.05, 0) is 44.9 Å². The minimum atomic E-state index is 0.114. The lowest BCUT2D eigenvalue weighted by Gasteiger charge is -2.35. The van der Waals surface area contributed by atoms with E-state index < -0.39 is 0 Å². The fraction of sp³-hybridized carbons (Fsp3) is 0.533. The van der Waals surface area contributed by atoms with Gasteiger partial charge in [-0.1, -0.05) is 12.1 Å². The van der Waals surface area contributed by atoms with Crippen molar-refractivity contribution < 1.29 is 9.53 Å². The molecule has 1 aliphatic rings. The monoisotopic (exact) mass is 247 g/mol. The molecule has 1 aliphatic heterocycles. The van der Waals surface area contributed by atoms with Crippen LogP contribution in [0.25, 0.3) is 0 Å². The van der Waals surface area contributed by atoms with Crippen molar-refractivity contribution in [3.05, 3.63) is 34.9 Å². The molecule has 1 aromatic carbocycles. The van der Waals surface area contributed by atoms with Gasteiger partial charge in [-0.15, -0.1) is 0 Å². The minimum absolute atomic E-state index is 0.114. The number of rotatable bonds is 1. The minimum Gasteiger partial charge on any atom is -0.372 e. The van der Waals surface area contributed by atoms with Crippen LogP contribution in [0.5, 0.6) is 0 Å². The number of nitrogens with zero attached hydrogens (tertiary/aromatic N) is 1. The zero-order chi connectivity index (χ0) is 13.3. The van der Waals surface area contributed by atoms with Gasteiger partial charge in [-0.25, -0.2) is 0 Å². The summed E-state index contributed by atoms with van der Waals surface area (Å²) in [6.45, 7) is 9.43. The third kappa shape index (κ3) is 2.56. The van der Waals surface area contributed by atoms with Crippen LogP contribution in [0.4, 0.5) is 0 Å². The summed E-state index contributed by atoms with van der Waals surface area (Å²) in [7, 11) is 0. The smallest absolute Gasteiger partial charge is 0.254 e. The standard InChI is InChI=1S/C15H21NO2/c1-10-6-5-7-14(13(10)4)15(17)16-8-11(2)18-12(3)9-16/h5-7,11-12H,8-9H2,1-4H3. The van der Waals surface area contributed by atoms with Crippen molar-refractivity contribution in [1.82, 2.24) is 4.90 Å². The van der Waals surface area contributed by atoms with Crippen molar-refractivity contribution >= 4 is 5.91 Å². The van der Waals surface area contributed by atoms with Crippen molar-refractivity contribution in [2.45, 2.75) is 39.9 Å². The third-order valence-electron chi connectivity index (χ3n) is 3.54. The molecule has 0 saturated carbocycles. The Morgan fingerprint density at radius 2 is 1.83 bits per heavy atom. The van der Waals surface area contributed by atoms with Crippen LogP contribution >= 0.6 is 0 Å². The molecule has 1 amide bonds. The number of carbonyl (C=O) groups excluding carboxylic acids is 1. The fourth-order valence-corrected chi connectivity index (χ4v) is 2.50. The average Bonchev–Trinajstić information content (AvgIpc) is 2.30. The Bertz CT molecular complexity index is 446. The Morgan fingerprint density at radius 3 is 2.44 bits per heavy atom. The molecular formula is C15H21NO2. The van der Waals surface area contributed by atoms with Crippen LogP contribution in [-0.2, 0) is 4.74 Å². The number of benzene rings is 1. The number of hydrogen-bond donors (Lipinski definition) is 0. The van der Waals surface area contributed by atoms with E-state index in [9.17, 15) is 4.79 Å². The van der Waals surface area contributed by atoms with E-state index in [0.29, 0.717) is 13.1 Å². The van der Waals surface area contributed by atoms with Crippen LogP contribution in [0.3, 0.4) is 0 Å². The fourth-order valence-electron chi connectivity index (χ4n) is 2.50. The maximum Gasteiger partial charge on any atom is 0.254 e. The molecule has 2 rings (SSSR count). The molecule has 0 aromatic heterocycles. The van der Waals surface area contributed by atoms with Gasteiger partial charge in [0.05, 0.1) is 12.2 Å². The second-order valence-electron chi connectivity index (χ2n) is 5.21. The molecule has 0 spiro atoms. The summed E-state index contributed by atoms with van der Waals surface area (Å²) in [6.07, 6.45) is 0.227. The number of ether oxygens (including phenoxy) is 1. The van der Waals surface area contributed by atoms with Crippen LogP contribution < -0.4 is 0 Å². The van der Waals surface area contributed by atoms with E-state index in [4.69, 9.17) is 4.74 Å². The van der Waals surface area contributed by atoms with Crippen molar-refractivity contribution in [3.8, 4) is 0 Å². The number of hydrogen-bond acceptors (Lipinski definition) is 2. The maximum absolute atomic E-state index is 12.5. The van der Waals surface area contributed by atoms with E-state index in [1.54, 1.807) is 0 Å². The highest BCUT2D eigenvalue weighted by atomic mass is 16.5. The maximum atomic E-state index is 12.5. The summed E-state index contributed by atoms with van der Waals surface area (Å²) < 4.78 is 5.66. The second-order valence-corrected chi connectivity index (χ2v) is 5.21. The van der Waals surface area contributed by atoms with E-state index in [1.165, 1.54) is 0 Å². The van der Waals surface area contributed by atoms with Crippen molar-refractivity contribution in [3.63, 3.8) is 0 Å². The lowest BCUT2D eigenvalue weighted by Crippen LogP contribution is -2.48. The zero-order valence-corrected chi connectivity index (χ0v) is 11.6. The summed E-state index contributed by atoms with van der Waals surface area (Å²) >= 11 is 0. The van der Waals surface area contributed by atoms with Gasteiger partial charge in [0.1, 0.15) is 0 Å². The Kier molecular flexibility index (Phi) is 3.71. The lowest BCUT2D eigenvalue weighted by molar-refractivity contribution is -0.0586. The largest absolute Gasteiger partial charge is 0.372 e. The summed E-state index contributed by atoms with van der Waals surface area (Å²) in [5.74, 6) is 0.123. The van der Waals surface area contributed by atoms with Gasteiger partial charge < -0.3 is 9.64 Å². The normalized spacial score (nSPS) is 24.1. The first-order chi connectivity index (χ1) is 8.49. The van der Waals surface area contributed by atoms with Crippen LogP contribution in [0, 0.1) is 13.8 Å². The molecule has 0 radical (unpaired) electrons. The molecule has 98 valence electrons. The summed E-state index contributed by atoms with van der Waals surface area (Å²) in [6, 6.07) is 5.90. The summed E-state index contributed by atoms with van der Waals surface area (Å²) in [5, 5.41) is 0. The first-order valence-electron chi connectivity index (χ1n) is 6.50. The molecule has 3 nitrogen and oxygen atoms in total. The van der Waals surface area contributed by atoms with Crippen LogP contribution in [0.15, 0.2) is 18.2 Å². The average molecular weight is 247 g/mol. The molecule has 0 N–H and O–H groups in total. The molecule has 3 heteroatoms. The molecule has 2 atom stereocenters. The quantitative estimate of drug-likeness (QED) is 0.763. The predicted molar refractivity (Wildman–Crippen MR) is 71.8 cm³/mol. The SMILES string of the molecule is Cc1cccc(C(=O)N2CC(C)OC(C)C2)c1C. The van der Waals surface area contributed by atoms with Crippen LogP contribution in [0.1, 0.15) is 35.3 Å². The van der Waals surface area contributed by atoms with E-state index >= 15 is 0 Å². The molecule has 2 unspecified atom stereocenters. The molecule has 1 heterocycles. The van der Waals surface area contributed by atoms with Gasteiger partial charge >= 0.3 is 0 Å². The summed E-state index contributed by atoms with van der Waals surface area (Å²) in [5.41, 5.74) is 3.06. The van der Waals surface area contributed by atoms with Gasteiger partial charge in [0, 0.05) is 18.7 Å². The summed E-state index contributed by atoms with van der Waals surface area (Å²) in [4.78, 5) is 14.4. The molecule has 0 bridgehead atoms. The first-order valence-corrected chi connectivity index (χ1v) is 6.50. The van der Waals surface area contributed by atoms with E-state index in [1.807, 2.05) is 50.8 Å². The van der Waals surface area contributed by atoms with E-state index in [-0.39, 0.29) is 18.1 Å². The van der Waals surface area contributed by atoms with Crippen molar-refractivity contribution in [2.24, 2.45) is 0 Å². The third-order valence-corrected chi connectivity index (χ3v) is 3.54. The van der Waals surface area contributed by atoms with Crippen molar-refractivity contribution in [2.75, 3.05) is 13.1 Å². The van der Waals surface area contributed by atoms with Crippen molar-refractivity contribution in [1.29, 1.82) is 0 Å². The molecule has 1 aromatic rings. The molecule has 18 heavy (non-hydrogen) atoms. The molecular weight excluding hydrogens is 226 g/mol. The van der Waals surface area contributed by atoms with Gasteiger partial charge in [0.25, 0.3) is 5.91 Å². The number of morpholine rings is 1. The molecule has 0 aliphatic carbocycles. The van der Waals surface area contributed by atoms with Gasteiger partial charge in [-0.2, -0.15) is 0 Å². The predicted octanol–water partition coefficient (Wildman–Crippen LogP) is 2.55. The van der Waals surface area contributed by atoms with Crippen LogP contribution in [0.2, 0.25) is 0 Å². The van der Waals surface area contributed by atoms with Gasteiger partial charge in [0.2, 0.25) is 0 Å². The van der Waals surface area contributed by atoms with Crippen LogP contribution in [-0.4, -0.2) is 36.1 Å². The zero-order valence-electron chi connectivity index (χ0n) is 11.6. The number of amides is 1. The molecule has 1 fully saturated rings. The topological polar surface area (TPSA) is 29.5 Å².